The van der Waals surface area contributed by atoms with Crippen molar-refractivity contribution in [2.45, 2.75) is 51.6 Å². The van der Waals surface area contributed by atoms with Gasteiger partial charge in [0.25, 0.3) is 0 Å². The molecule has 2 aromatic rings. The Labute approximate surface area is 161 Å². The number of rotatable bonds is 6. The third-order valence-corrected chi connectivity index (χ3v) is 5.55. The summed E-state index contributed by atoms with van der Waals surface area (Å²) in [6.07, 6.45) is 2.69. The zero-order valence-corrected chi connectivity index (χ0v) is 16.2. The first-order valence-electron chi connectivity index (χ1n) is 9.90. The average molecular weight is 368 g/mol. The van der Waals surface area contributed by atoms with E-state index in [2.05, 4.69) is 12.2 Å². The van der Waals surface area contributed by atoms with Crippen LogP contribution in [0.15, 0.2) is 48.5 Å². The monoisotopic (exact) mass is 368 g/mol. The molecule has 3 rings (SSSR count). The fourth-order valence-electron chi connectivity index (χ4n) is 3.77. The largest absolute Gasteiger partial charge is 0.342 e. The Morgan fingerprint density at radius 1 is 1.19 bits per heavy atom. The standard InChI is InChI=1S/C23H29FN2O/c1-3-21(19-7-5-4-6-8-19)23(27)26-13-11-20(12-14-26)25-16-18-10-9-17(2)22(24)15-18/h4-10,15,20-21,25H,3,11-14,16H2,1-2H3. The number of likely N-dealkylation sites (tertiary alicyclic amines) is 1. The summed E-state index contributed by atoms with van der Waals surface area (Å²) >= 11 is 0. The molecule has 1 aliphatic heterocycles. The molecule has 1 unspecified atom stereocenters. The van der Waals surface area contributed by atoms with E-state index in [4.69, 9.17) is 0 Å². The Kier molecular flexibility index (Phi) is 6.62. The Balaban J connectivity index is 1.50. The summed E-state index contributed by atoms with van der Waals surface area (Å²) < 4.78 is 13.7. The van der Waals surface area contributed by atoms with Gasteiger partial charge in [-0.3, -0.25) is 4.79 Å². The maximum absolute atomic E-state index is 13.7. The molecule has 1 heterocycles. The molecule has 0 aromatic heterocycles. The maximum atomic E-state index is 13.7. The summed E-state index contributed by atoms with van der Waals surface area (Å²) in [5.41, 5.74) is 2.74. The molecule has 4 heteroatoms. The van der Waals surface area contributed by atoms with Gasteiger partial charge in [-0.2, -0.15) is 0 Å². The molecule has 0 bridgehead atoms. The minimum atomic E-state index is -0.152. The summed E-state index contributed by atoms with van der Waals surface area (Å²) in [7, 11) is 0. The van der Waals surface area contributed by atoms with Crippen molar-refractivity contribution in [3.05, 3.63) is 71.0 Å². The summed E-state index contributed by atoms with van der Waals surface area (Å²) in [5, 5.41) is 3.51. The second kappa shape index (κ2) is 9.14. The van der Waals surface area contributed by atoms with E-state index in [0.717, 1.165) is 43.5 Å². The van der Waals surface area contributed by atoms with Gasteiger partial charge in [0, 0.05) is 25.7 Å². The van der Waals surface area contributed by atoms with Gasteiger partial charge in [0.2, 0.25) is 5.91 Å². The van der Waals surface area contributed by atoms with E-state index < -0.39 is 0 Å². The van der Waals surface area contributed by atoms with Gasteiger partial charge in [-0.25, -0.2) is 4.39 Å². The number of carbonyl (C=O) groups is 1. The number of halogens is 1. The van der Waals surface area contributed by atoms with Gasteiger partial charge in [-0.1, -0.05) is 49.4 Å². The SMILES string of the molecule is CCC(C(=O)N1CCC(NCc2ccc(C)c(F)c2)CC1)c1ccccc1. The van der Waals surface area contributed by atoms with Crippen molar-refractivity contribution in [1.82, 2.24) is 10.2 Å². The summed E-state index contributed by atoms with van der Waals surface area (Å²) in [6, 6.07) is 15.8. The zero-order valence-electron chi connectivity index (χ0n) is 16.2. The molecule has 144 valence electrons. The molecule has 1 fully saturated rings. The molecule has 3 nitrogen and oxygen atoms in total. The fraction of sp³-hybridized carbons (Fsp3) is 0.435. The molecule has 1 saturated heterocycles. The topological polar surface area (TPSA) is 32.3 Å². The van der Waals surface area contributed by atoms with Crippen LogP contribution in [0.25, 0.3) is 0 Å². The smallest absolute Gasteiger partial charge is 0.230 e. The lowest BCUT2D eigenvalue weighted by atomic mass is 9.93. The van der Waals surface area contributed by atoms with Gasteiger partial charge >= 0.3 is 0 Å². The molecule has 1 amide bonds. The van der Waals surface area contributed by atoms with Crippen LogP contribution in [0.1, 0.15) is 48.8 Å². The van der Waals surface area contributed by atoms with Crippen molar-refractivity contribution in [3.63, 3.8) is 0 Å². The van der Waals surface area contributed by atoms with Crippen molar-refractivity contribution in [3.8, 4) is 0 Å². The number of benzene rings is 2. The minimum absolute atomic E-state index is 0.0498. The van der Waals surface area contributed by atoms with Crippen LogP contribution in [0.4, 0.5) is 4.39 Å². The number of nitrogens with one attached hydrogen (secondary N) is 1. The lowest BCUT2D eigenvalue weighted by molar-refractivity contribution is -0.134. The number of piperidine rings is 1. The first kappa shape index (κ1) is 19.6. The highest BCUT2D eigenvalue weighted by Crippen LogP contribution is 2.24. The van der Waals surface area contributed by atoms with Crippen molar-refractivity contribution >= 4 is 5.91 Å². The molecule has 0 spiro atoms. The lowest BCUT2D eigenvalue weighted by Gasteiger charge is -2.34. The first-order chi connectivity index (χ1) is 13.1. The maximum Gasteiger partial charge on any atom is 0.230 e. The van der Waals surface area contributed by atoms with E-state index in [1.807, 2.05) is 47.4 Å². The predicted molar refractivity (Wildman–Crippen MR) is 107 cm³/mol. The zero-order chi connectivity index (χ0) is 19.2. The van der Waals surface area contributed by atoms with E-state index in [0.29, 0.717) is 18.2 Å². The Morgan fingerprint density at radius 3 is 2.52 bits per heavy atom. The van der Waals surface area contributed by atoms with Gasteiger partial charge in [0.15, 0.2) is 0 Å². The number of amides is 1. The van der Waals surface area contributed by atoms with Crippen LogP contribution in [0.2, 0.25) is 0 Å². The van der Waals surface area contributed by atoms with Crippen LogP contribution in [0, 0.1) is 12.7 Å². The molecule has 0 aliphatic carbocycles. The minimum Gasteiger partial charge on any atom is -0.342 e. The van der Waals surface area contributed by atoms with Crippen molar-refractivity contribution in [2.75, 3.05) is 13.1 Å². The summed E-state index contributed by atoms with van der Waals surface area (Å²) in [6.45, 7) is 6.07. The van der Waals surface area contributed by atoms with Crippen molar-refractivity contribution in [1.29, 1.82) is 0 Å². The van der Waals surface area contributed by atoms with E-state index in [1.54, 1.807) is 13.0 Å². The van der Waals surface area contributed by atoms with E-state index >= 15 is 0 Å². The number of nitrogens with zero attached hydrogens (tertiary/aromatic N) is 1. The van der Waals surface area contributed by atoms with Crippen LogP contribution < -0.4 is 5.32 Å². The average Bonchev–Trinajstić information content (AvgIpc) is 2.70. The normalized spacial score (nSPS) is 16.3. The Hall–Kier alpha value is -2.20. The van der Waals surface area contributed by atoms with Crippen LogP contribution in [-0.4, -0.2) is 29.9 Å². The van der Waals surface area contributed by atoms with Gasteiger partial charge in [-0.05, 0) is 48.9 Å². The highest BCUT2D eigenvalue weighted by atomic mass is 19.1. The Bertz CT molecular complexity index is 754. The molecule has 0 radical (unpaired) electrons. The number of aryl methyl sites for hydroxylation is 1. The van der Waals surface area contributed by atoms with Gasteiger partial charge < -0.3 is 10.2 Å². The van der Waals surface area contributed by atoms with Crippen LogP contribution in [0.3, 0.4) is 0 Å². The first-order valence-corrected chi connectivity index (χ1v) is 9.90. The van der Waals surface area contributed by atoms with Crippen LogP contribution in [-0.2, 0) is 11.3 Å². The molecule has 2 aromatic carbocycles. The quantitative estimate of drug-likeness (QED) is 0.819. The van der Waals surface area contributed by atoms with Crippen molar-refractivity contribution < 1.29 is 9.18 Å². The highest BCUT2D eigenvalue weighted by molar-refractivity contribution is 5.83. The second-order valence-corrected chi connectivity index (χ2v) is 7.44. The van der Waals surface area contributed by atoms with E-state index in [1.165, 1.54) is 0 Å². The predicted octanol–water partition coefficient (Wildman–Crippen LogP) is 4.41. The van der Waals surface area contributed by atoms with Crippen LogP contribution in [0.5, 0.6) is 0 Å². The molecular weight excluding hydrogens is 339 g/mol. The number of carbonyl (C=O) groups excluding carboxylic acids is 1. The molecule has 27 heavy (non-hydrogen) atoms. The van der Waals surface area contributed by atoms with Gasteiger partial charge in [0.1, 0.15) is 5.82 Å². The summed E-state index contributed by atoms with van der Waals surface area (Å²) in [5.74, 6) is 0.0373. The molecule has 1 aliphatic rings. The van der Waals surface area contributed by atoms with Gasteiger partial charge in [-0.15, -0.1) is 0 Å². The number of hydrogen-bond acceptors (Lipinski definition) is 2. The Morgan fingerprint density at radius 2 is 1.89 bits per heavy atom. The molecule has 0 saturated carbocycles. The summed E-state index contributed by atoms with van der Waals surface area (Å²) in [4.78, 5) is 15.0. The lowest BCUT2D eigenvalue weighted by Crippen LogP contribution is -2.46. The van der Waals surface area contributed by atoms with E-state index in [9.17, 15) is 9.18 Å². The molecular formula is C23H29FN2O. The second-order valence-electron chi connectivity index (χ2n) is 7.44. The molecule has 1 N–H and O–H groups in total. The third-order valence-electron chi connectivity index (χ3n) is 5.55. The highest BCUT2D eigenvalue weighted by Gasteiger charge is 2.28. The van der Waals surface area contributed by atoms with Crippen molar-refractivity contribution in [2.24, 2.45) is 0 Å². The fourth-order valence-corrected chi connectivity index (χ4v) is 3.77. The molecule has 1 atom stereocenters. The third kappa shape index (κ3) is 4.95. The van der Waals surface area contributed by atoms with E-state index in [-0.39, 0.29) is 17.6 Å². The van der Waals surface area contributed by atoms with Crippen LogP contribution >= 0.6 is 0 Å². The number of hydrogen-bond donors (Lipinski definition) is 1. The van der Waals surface area contributed by atoms with Gasteiger partial charge in [0.05, 0.1) is 5.92 Å².